The largest absolute Gasteiger partial charge is 0.295 e. The molecular weight excluding hydrogens is 177 g/mol. The third-order valence-corrected chi connectivity index (χ3v) is 2.43. The van der Waals surface area contributed by atoms with Gasteiger partial charge in [-0.3, -0.25) is 4.79 Å². The minimum Gasteiger partial charge on any atom is -0.295 e. The molecule has 0 aliphatic heterocycles. The van der Waals surface area contributed by atoms with Crippen molar-refractivity contribution in [3.05, 3.63) is 29.0 Å². The van der Waals surface area contributed by atoms with E-state index in [1.165, 1.54) is 17.4 Å². The topological polar surface area (TPSA) is 30.0 Å². The van der Waals surface area contributed by atoms with E-state index in [4.69, 9.17) is 0 Å². The molecule has 1 aromatic heterocycles. The van der Waals surface area contributed by atoms with Gasteiger partial charge in [0.05, 0.1) is 4.70 Å². The molecule has 0 radical (unpaired) electrons. The maximum Gasteiger partial charge on any atom is 0.178 e. The van der Waals surface area contributed by atoms with Crippen LogP contribution in [0.4, 0.5) is 4.39 Å². The molecule has 60 valence electrons. The zero-order chi connectivity index (χ0) is 8.55. The highest BCUT2D eigenvalue weighted by Gasteiger charge is 2.05. The Morgan fingerprint density at radius 2 is 2.33 bits per heavy atom. The third-order valence-electron chi connectivity index (χ3n) is 1.49. The van der Waals surface area contributed by atoms with Gasteiger partial charge in [0.25, 0.3) is 0 Å². The van der Waals surface area contributed by atoms with Crippen LogP contribution in [0.15, 0.2) is 18.2 Å². The summed E-state index contributed by atoms with van der Waals surface area (Å²) in [5.74, 6) is -0.378. The summed E-state index contributed by atoms with van der Waals surface area (Å²) in [5, 5.41) is 0.315. The second-order valence-corrected chi connectivity index (χ2v) is 3.32. The fraction of sp³-hybridized carbons (Fsp3) is 0. The predicted molar refractivity (Wildman–Crippen MR) is 45.0 cm³/mol. The van der Waals surface area contributed by atoms with Gasteiger partial charge in [0.2, 0.25) is 0 Å². The van der Waals surface area contributed by atoms with Crippen molar-refractivity contribution in [2.24, 2.45) is 0 Å². The second kappa shape index (κ2) is 2.64. The van der Waals surface area contributed by atoms with Gasteiger partial charge in [0.1, 0.15) is 11.3 Å². The van der Waals surface area contributed by atoms with E-state index in [0.717, 1.165) is 0 Å². The Labute approximate surface area is 71.7 Å². The Balaban J connectivity index is 2.82. The molecular formula is C8H4FNOS. The summed E-state index contributed by atoms with van der Waals surface area (Å²) in [6.07, 6.45) is 0.629. The molecule has 0 aliphatic carbocycles. The van der Waals surface area contributed by atoms with Crippen molar-refractivity contribution in [2.75, 3.05) is 0 Å². The normalized spacial score (nSPS) is 10.4. The molecule has 0 aliphatic rings. The first-order valence-electron chi connectivity index (χ1n) is 3.31. The lowest BCUT2D eigenvalue weighted by atomic mass is 10.3. The number of para-hydroxylation sites is 1. The number of halogens is 1. The van der Waals surface area contributed by atoms with Gasteiger partial charge in [0, 0.05) is 0 Å². The zero-order valence-corrected chi connectivity index (χ0v) is 6.77. The first-order chi connectivity index (χ1) is 5.81. The van der Waals surface area contributed by atoms with Crippen LogP contribution in [-0.4, -0.2) is 11.3 Å². The van der Waals surface area contributed by atoms with Crippen LogP contribution < -0.4 is 0 Å². The molecule has 0 amide bonds. The number of fused-ring (bicyclic) bond motifs is 1. The second-order valence-electron chi connectivity index (χ2n) is 2.26. The van der Waals surface area contributed by atoms with E-state index in [9.17, 15) is 9.18 Å². The molecule has 1 aromatic carbocycles. The number of carbonyl (C=O) groups excluding carboxylic acids is 1. The summed E-state index contributed by atoms with van der Waals surface area (Å²) in [4.78, 5) is 14.1. The number of aromatic nitrogens is 1. The van der Waals surface area contributed by atoms with Crippen molar-refractivity contribution in [3.8, 4) is 0 Å². The number of thiazole rings is 1. The molecule has 0 saturated heterocycles. The van der Waals surface area contributed by atoms with Gasteiger partial charge in [-0.05, 0) is 12.1 Å². The van der Waals surface area contributed by atoms with Gasteiger partial charge in [0.15, 0.2) is 11.3 Å². The number of hydrogen-bond donors (Lipinski definition) is 0. The van der Waals surface area contributed by atoms with E-state index in [0.29, 0.717) is 16.0 Å². The van der Waals surface area contributed by atoms with E-state index in [1.807, 2.05) is 0 Å². The fourth-order valence-corrected chi connectivity index (χ4v) is 1.78. The zero-order valence-electron chi connectivity index (χ0n) is 5.95. The third kappa shape index (κ3) is 1.00. The number of nitrogens with zero attached hydrogens (tertiary/aromatic N) is 1. The first-order valence-corrected chi connectivity index (χ1v) is 4.13. The van der Waals surface area contributed by atoms with Gasteiger partial charge < -0.3 is 0 Å². The van der Waals surface area contributed by atoms with Crippen molar-refractivity contribution >= 4 is 27.8 Å². The fourth-order valence-electron chi connectivity index (χ4n) is 0.982. The van der Waals surface area contributed by atoms with E-state index in [2.05, 4.69) is 4.98 Å². The maximum absolute atomic E-state index is 13.0. The summed E-state index contributed by atoms with van der Waals surface area (Å²) in [5.41, 5.74) is 0.282. The lowest BCUT2D eigenvalue weighted by Gasteiger charge is -1.86. The van der Waals surface area contributed by atoms with E-state index in [1.54, 1.807) is 12.1 Å². The average Bonchev–Trinajstić information content (AvgIpc) is 2.49. The van der Waals surface area contributed by atoms with Gasteiger partial charge in [-0.15, -0.1) is 11.3 Å². The Morgan fingerprint density at radius 1 is 1.50 bits per heavy atom. The lowest BCUT2D eigenvalue weighted by Crippen LogP contribution is -1.77. The molecule has 0 bridgehead atoms. The molecule has 0 spiro atoms. The molecule has 2 aromatic rings. The van der Waals surface area contributed by atoms with Crippen molar-refractivity contribution in [1.29, 1.82) is 0 Å². The van der Waals surface area contributed by atoms with Crippen LogP contribution in [0.2, 0.25) is 0 Å². The quantitative estimate of drug-likeness (QED) is 0.631. The molecule has 4 heteroatoms. The highest BCUT2D eigenvalue weighted by Crippen LogP contribution is 2.22. The number of rotatable bonds is 1. The highest BCUT2D eigenvalue weighted by atomic mass is 32.1. The Morgan fingerprint density at radius 3 is 3.00 bits per heavy atom. The minimum absolute atomic E-state index is 0.282. The van der Waals surface area contributed by atoms with Crippen LogP contribution in [0.1, 0.15) is 9.80 Å². The van der Waals surface area contributed by atoms with E-state index >= 15 is 0 Å². The Bertz CT molecular complexity index is 438. The first kappa shape index (κ1) is 7.36. The number of aldehydes is 1. The molecule has 0 atom stereocenters. The predicted octanol–water partition coefficient (Wildman–Crippen LogP) is 2.25. The molecule has 1 heterocycles. The summed E-state index contributed by atoms with van der Waals surface area (Å²) in [6.45, 7) is 0. The van der Waals surface area contributed by atoms with Crippen LogP contribution >= 0.6 is 11.3 Å². The monoisotopic (exact) mass is 181 g/mol. The molecule has 0 fully saturated rings. The SMILES string of the molecule is O=Cc1nc2c(F)cccc2s1. The highest BCUT2D eigenvalue weighted by molar-refractivity contribution is 7.20. The Hall–Kier alpha value is -1.29. The molecule has 2 nitrogen and oxygen atoms in total. The molecule has 12 heavy (non-hydrogen) atoms. The van der Waals surface area contributed by atoms with E-state index in [-0.39, 0.29) is 11.3 Å². The smallest absolute Gasteiger partial charge is 0.178 e. The van der Waals surface area contributed by atoms with Crippen LogP contribution in [0.5, 0.6) is 0 Å². The summed E-state index contributed by atoms with van der Waals surface area (Å²) in [7, 11) is 0. The van der Waals surface area contributed by atoms with Crippen LogP contribution in [0.25, 0.3) is 10.2 Å². The minimum atomic E-state index is -0.378. The molecule has 2 rings (SSSR count). The lowest BCUT2D eigenvalue weighted by molar-refractivity contribution is 0.112. The van der Waals surface area contributed by atoms with Crippen molar-refractivity contribution in [2.45, 2.75) is 0 Å². The van der Waals surface area contributed by atoms with Crippen LogP contribution in [-0.2, 0) is 0 Å². The average molecular weight is 181 g/mol. The molecule has 0 unspecified atom stereocenters. The van der Waals surface area contributed by atoms with Gasteiger partial charge in [-0.1, -0.05) is 6.07 Å². The number of hydrogen-bond acceptors (Lipinski definition) is 3. The molecule has 0 saturated carbocycles. The van der Waals surface area contributed by atoms with E-state index < -0.39 is 0 Å². The summed E-state index contributed by atoms with van der Waals surface area (Å²) >= 11 is 1.19. The van der Waals surface area contributed by atoms with Gasteiger partial charge >= 0.3 is 0 Å². The number of carbonyl (C=O) groups is 1. The van der Waals surface area contributed by atoms with Crippen LogP contribution in [0, 0.1) is 5.82 Å². The van der Waals surface area contributed by atoms with Gasteiger partial charge in [-0.2, -0.15) is 0 Å². The standard InChI is InChI=1S/C8H4FNOS/c9-5-2-1-3-6-8(5)10-7(4-11)12-6/h1-4H. The Kier molecular flexibility index (Phi) is 1.62. The van der Waals surface area contributed by atoms with Crippen molar-refractivity contribution in [3.63, 3.8) is 0 Å². The maximum atomic E-state index is 13.0. The van der Waals surface area contributed by atoms with Crippen LogP contribution in [0.3, 0.4) is 0 Å². The van der Waals surface area contributed by atoms with Crippen molar-refractivity contribution < 1.29 is 9.18 Å². The summed E-state index contributed by atoms with van der Waals surface area (Å²) in [6, 6.07) is 4.67. The van der Waals surface area contributed by atoms with Crippen molar-refractivity contribution in [1.82, 2.24) is 4.98 Å². The summed E-state index contributed by atoms with van der Waals surface area (Å²) < 4.78 is 13.7. The van der Waals surface area contributed by atoms with Gasteiger partial charge in [-0.25, -0.2) is 9.37 Å². The number of benzene rings is 1. The molecule has 0 N–H and O–H groups in total.